The van der Waals surface area contributed by atoms with Gasteiger partial charge in [0.1, 0.15) is 19.6 Å². The number of nitrogens with one attached hydrogen (secondary N) is 4. The Labute approximate surface area is 482 Å². The number of aliphatic hydroxyl groups is 4. The second-order valence-corrected chi connectivity index (χ2v) is 24.3. The maximum atomic E-state index is 12.8. The molecule has 0 aliphatic heterocycles. The molecule has 0 amide bonds. The summed E-state index contributed by atoms with van der Waals surface area (Å²) in [7, 11) is -30.5. The van der Waals surface area contributed by atoms with Crippen LogP contribution in [0, 0.1) is 0 Å². The average Bonchev–Trinajstić information content (AvgIpc) is 3.34. The van der Waals surface area contributed by atoms with E-state index in [1.807, 2.05) is 0 Å². The van der Waals surface area contributed by atoms with Gasteiger partial charge >= 0.3 is 29.6 Å². The van der Waals surface area contributed by atoms with Gasteiger partial charge in [0.15, 0.2) is 0 Å². The summed E-state index contributed by atoms with van der Waals surface area (Å²) in [6, 6.07) is 10.1. The van der Waals surface area contributed by atoms with Gasteiger partial charge < -0.3 is 51.5 Å². The molecule has 0 bridgehead atoms. The third kappa shape index (κ3) is 17.6. The molecule has 434 valence electrons. The van der Waals surface area contributed by atoms with Crippen LogP contribution in [0.4, 0.5) is 58.4 Å². The molecule has 0 saturated carbocycles. The fourth-order valence-electron chi connectivity index (χ4n) is 6.95. The molecule has 0 aliphatic carbocycles. The molecule has 0 atom stereocenters. The van der Waals surface area contributed by atoms with Crippen molar-refractivity contribution in [3.63, 3.8) is 0 Å². The van der Waals surface area contributed by atoms with Gasteiger partial charge in [0.05, 0.1) is 47.6 Å². The zero-order valence-electron chi connectivity index (χ0n) is 40.1. The number of rotatable bonds is 26. The average molecular weight is 1260 g/mol. The predicted molar refractivity (Wildman–Crippen MR) is 286 cm³/mol. The summed E-state index contributed by atoms with van der Waals surface area (Å²) in [6.45, 7) is -3.05. The van der Waals surface area contributed by atoms with Crippen molar-refractivity contribution in [2.45, 2.75) is 29.4 Å². The number of anilines is 10. The molecule has 2 heterocycles. The van der Waals surface area contributed by atoms with Gasteiger partial charge in [-0.25, -0.2) is 0 Å². The quantitative estimate of drug-likeness (QED) is 0.0187. The van der Waals surface area contributed by atoms with E-state index in [0.717, 1.165) is 36.4 Å². The van der Waals surface area contributed by atoms with E-state index in [2.05, 4.69) is 51.2 Å². The van der Waals surface area contributed by atoms with E-state index < -0.39 is 152 Å². The fraction of sp³-hybridized carbons (Fsp3) is 0.200. The molecule has 6 rings (SSSR count). The normalized spacial score (nSPS) is 12.4. The Balaban J connectivity index is 0.0000120. The van der Waals surface area contributed by atoms with Crippen LogP contribution in [0.15, 0.2) is 102 Å². The second-order valence-electron chi connectivity index (χ2n) is 15.9. The van der Waals surface area contributed by atoms with Gasteiger partial charge in [-0.3, -0.25) is 27.3 Å². The Kier molecular flexibility index (Phi) is 21.3. The number of aromatic nitrogens is 6. The number of hydrogen-bond acceptors (Lipinski definition) is 28. The van der Waals surface area contributed by atoms with Crippen LogP contribution in [0.25, 0.3) is 12.2 Å². The minimum absolute atomic E-state index is 0. The van der Waals surface area contributed by atoms with Crippen LogP contribution in [-0.2, 0) is 60.7 Å². The molecule has 0 aliphatic rings. The van der Waals surface area contributed by atoms with E-state index in [4.69, 9.17) is 0 Å². The third-order valence-corrected chi connectivity index (χ3v) is 15.7. The minimum atomic E-state index is -5.20. The summed E-state index contributed by atoms with van der Waals surface area (Å²) in [6.07, 6.45) is 2.01. The fourth-order valence-corrected chi connectivity index (χ4v) is 10.6. The summed E-state index contributed by atoms with van der Waals surface area (Å²) >= 11 is 0. The molecule has 0 fully saturated rings. The van der Waals surface area contributed by atoms with Gasteiger partial charge in [-0.05, 0) is 71.8 Å². The molecule has 14 N–H and O–H groups in total. The Morgan fingerprint density at radius 2 is 0.667 bits per heavy atom. The summed E-state index contributed by atoms with van der Waals surface area (Å²) in [5, 5.41) is 48.8. The molecule has 81 heavy (non-hydrogen) atoms. The number of aliphatic hydroxyl groups excluding tert-OH is 4. The summed E-state index contributed by atoms with van der Waals surface area (Å²) in [4.78, 5) is 22.0. The van der Waals surface area contributed by atoms with Crippen LogP contribution in [0.5, 0.6) is 0 Å². The van der Waals surface area contributed by atoms with Crippen LogP contribution in [0.2, 0.25) is 0 Å². The van der Waals surface area contributed by atoms with Gasteiger partial charge in [0.2, 0.25) is 35.7 Å². The van der Waals surface area contributed by atoms with Crippen molar-refractivity contribution in [2.24, 2.45) is 0 Å². The molecule has 0 radical (unpaired) electrons. The summed E-state index contributed by atoms with van der Waals surface area (Å²) in [5.74, 6) is -2.91. The third-order valence-electron chi connectivity index (χ3n) is 10.4. The van der Waals surface area contributed by atoms with E-state index in [1.165, 1.54) is 21.9 Å². The molecule has 2 aromatic heterocycles. The van der Waals surface area contributed by atoms with Crippen molar-refractivity contribution in [3.8, 4) is 0 Å². The van der Waals surface area contributed by atoms with Crippen molar-refractivity contribution < 1.29 is 98.2 Å². The van der Waals surface area contributed by atoms with Gasteiger partial charge in [-0.2, -0.15) is 80.4 Å². The van der Waals surface area contributed by atoms with Crippen molar-refractivity contribution in [2.75, 3.05) is 83.7 Å². The van der Waals surface area contributed by atoms with E-state index in [0.29, 0.717) is 36.4 Å². The Hall–Kier alpha value is -6.26. The van der Waals surface area contributed by atoms with E-state index >= 15 is 0 Å². The Morgan fingerprint density at radius 3 is 0.938 bits per heavy atom. The molecule has 0 unspecified atom stereocenters. The molecule has 41 heteroatoms. The molecule has 6 aromatic rings. The Morgan fingerprint density at radius 1 is 0.370 bits per heavy atom. The van der Waals surface area contributed by atoms with Crippen LogP contribution < -0.4 is 31.1 Å². The first-order valence-corrected chi connectivity index (χ1v) is 30.5. The number of nitrogens with zero attached hydrogens (tertiary/aromatic N) is 8. The van der Waals surface area contributed by atoms with Crippen molar-refractivity contribution in [1.82, 2.24) is 29.9 Å². The van der Waals surface area contributed by atoms with Crippen LogP contribution in [-0.4, -0.2) is 210 Å². The first-order valence-electron chi connectivity index (χ1n) is 21.8. The van der Waals surface area contributed by atoms with Crippen LogP contribution in [0.1, 0.15) is 11.1 Å². The second kappa shape index (κ2) is 26.3. The van der Waals surface area contributed by atoms with Crippen molar-refractivity contribution in [3.05, 3.63) is 83.9 Å². The zero-order valence-corrected chi connectivity index (χ0v) is 45.0. The van der Waals surface area contributed by atoms with Crippen LogP contribution >= 0.6 is 0 Å². The summed E-state index contributed by atoms with van der Waals surface area (Å²) < 4.78 is 208. The zero-order chi connectivity index (χ0) is 59.2. The molecule has 0 spiro atoms. The Bertz CT molecular complexity index is 3800. The standard InChI is InChI=1S/C40H44N12O22S6.Na.H/c53-15-11-51(12-16-54)39-47-35(45-37(49-39)43-29-21-27(75(57,58)59)7-9-31(29)77(63,64)65)41-25-5-3-23(33(19-25)79(69,70)71)1-2-24-4-6-26(20-34(24)80(72,73)74)42-36-46-38(50-40(48-36)52(13-17-55)14-18-56)44-30-22-28(76(60,61)62)8-10-32(30)78(66,67)68;;/h1-10,19-22,53-56H,11-18H2,(H,57,58,59)(H,60,61,62)(H,63,64,65)(H,66,67,68)(H,69,70,71)(H,72,73,74)(H2,41,43,45,47,49)(H2,42,44,46,48,50);;/b2-1+;;. The first kappa shape index (κ1) is 65.5. The van der Waals surface area contributed by atoms with Crippen LogP contribution in [0.3, 0.4) is 0 Å². The van der Waals surface area contributed by atoms with E-state index in [-0.39, 0.29) is 90.1 Å². The van der Waals surface area contributed by atoms with Gasteiger partial charge in [-0.15, -0.1) is 0 Å². The number of hydrogen-bond donors (Lipinski definition) is 14. The molecular formula is C40H45N12NaO22S6. The summed E-state index contributed by atoms with van der Waals surface area (Å²) in [5.41, 5.74) is -2.45. The van der Waals surface area contributed by atoms with E-state index in [9.17, 15) is 98.2 Å². The van der Waals surface area contributed by atoms with Gasteiger partial charge in [-0.1, -0.05) is 24.3 Å². The van der Waals surface area contributed by atoms with Crippen molar-refractivity contribution >= 4 is 161 Å². The first-order chi connectivity index (χ1) is 37.2. The predicted octanol–water partition coefficient (Wildman–Crippen LogP) is -0.385. The molecule has 4 aromatic carbocycles. The molecule has 34 nitrogen and oxygen atoms in total. The molecule has 0 saturated heterocycles. The number of benzene rings is 4. The van der Waals surface area contributed by atoms with Gasteiger partial charge in [0, 0.05) is 37.6 Å². The van der Waals surface area contributed by atoms with Gasteiger partial charge in [0.25, 0.3) is 60.7 Å². The monoisotopic (exact) mass is 1260 g/mol. The maximum absolute atomic E-state index is 12.8. The van der Waals surface area contributed by atoms with E-state index in [1.54, 1.807) is 0 Å². The van der Waals surface area contributed by atoms with Crippen molar-refractivity contribution in [1.29, 1.82) is 0 Å². The molecular weight excluding hydrogens is 1220 g/mol. The topological polar surface area (TPSA) is 539 Å². The SMILES string of the molecule is O=S(=O)(O)c1ccc(S(=O)(=O)O)c(Nc2nc(Nc3ccc(/C=C/c4ccc(Nc5nc(Nc6cc(S(=O)(=O)O)ccc6S(=O)(=O)O)nc(N(CCO)CCO)n5)cc4S(=O)(=O)O)c(S(=O)(=O)O)c3)nc(N(CCO)CCO)n2)c1.[NaH].